The van der Waals surface area contributed by atoms with E-state index in [0.717, 1.165) is 0 Å². The molecule has 0 heterocycles. The molecular formula is C13H17F2NO2. The first-order chi connectivity index (χ1) is 8.49. The summed E-state index contributed by atoms with van der Waals surface area (Å²) < 4.78 is 26.5. The summed E-state index contributed by atoms with van der Waals surface area (Å²) >= 11 is 0. The van der Waals surface area contributed by atoms with Crippen molar-refractivity contribution in [3.8, 4) is 0 Å². The molecule has 1 rings (SSSR count). The lowest BCUT2D eigenvalue weighted by Crippen LogP contribution is -2.35. The number of rotatable bonds is 5. The van der Waals surface area contributed by atoms with Gasteiger partial charge in [0.05, 0.1) is 5.56 Å². The number of aliphatic hydroxyl groups is 1. The summed E-state index contributed by atoms with van der Waals surface area (Å²) in [6.07, 6.45) is 1.04. The normalized spacial score (nSPS) is 12.3. The standard InChI is InChI=1S/C13H17F2NO2/c1-3-9(4-5-17)16-13(18)10-6-8(2)11(14)7-12(10)15/h6-7,9,17H,3-5H2,1-2H3,(H,16,18). The minimum atomic E-state index is -0.880. The van der Waals surface area contributed by atoms with E-state index in [2.05, 4.69) is 5.32 Å². The van der Waals surface area contributed by atoms with Crippen molar-refractivity contribution in [3.63, 3.8) is 0 Å². The first-order valence-electron chi connectivity index (χ1n) is 5.87. The van der Waals surface area contributed by atoms with Gasteiger partial charge in [-0.2, -0.15) is 0 Å². The predicted molar refractivity (Wildman–Crippen MR) is 64.3 cm³/mol. The Labute approximate surface area is 105 Å². The highest BCUT2D eigenvalue weighted by molar-refractivity contribution is 5.94. The minimum absolute atomic E-state index is 0.0519. The number of nitrogens with one attached hydrogen (secondary N) is 1. The van der Waals surface area contributed by atoms with Crippen LogP contribution in [0.4, 0.5) is 8.78 Å². The van der Waals surface area contributed by atoms with E-state index < -0.39 is 17.5 Å². The number of aryl methyl sites for hydroxylation is 1. The van der Waals surface area contributed by atoms with Crippen LogP contribution in [-0.4, -0.2) is 23.7 Å². The molecule has 0 spiro atoms. The maximum atomic E-state index is 13.5. The molecule has 1 atom stereocenters. The topological polar surface area (TPSA) is 49.3 Å². The van der Waals surface area contributed by atoms with Crippen LogP contribution in [0.15, 0.2) is 12.1 Å². The SMILES string of the molecule is CCC(CCO)NC(=O)c1cc(C)c(F)cc1F. The second kappa shape index (κ2) is 6.44. The summed E-state index contributed by atoms with van der Waals surface area (Å²) in [6.45, 7) is 3.27. The Morgan fingerprint density at radius 3 is 2.61 bits per heavy atom. The highest BCUT2D eigenvalue weighted by Gasteiger charge is 2.17. The molecule has 0 fully saturated rings. The number of carbonyl (C=O) groups excluding carboxylic acids is 1. The van der Waals surface area contributed by atoms with Gasteiger partial charge in [-0.05, 0) is 31.4 Å². The van der Waals surface area contributed by atoms with Crippen molar-refractivity contribution in [1.82, 2.24) is 5.32 Å². The predicted octanol–water partition coefficient (Wildman–Crippen LogP) is 2.16. The van der Waals surface area contributed by atoms with Crippen LogP contribution < -0.4 is 5.32 Å². The molecule has 0 radical (unpaired) electrons. The number of benzene rings is 1. The van der Waals surface area contributed by atoms with Gasteiger partial charge in [0, 0.05) is 18.7 Å². The second-order valence-corrected chi connectivity index (χ2v) is 4.17. The highest BCUT2D eigenvalue weighted by Crippen LogP contribution is 2.14. The van der Waals surface area contributed by atoms with E-state index in [1.165, 1.54) is 13.0 Å². The lowest BCUT2D eigenvalue weighted by molar-refractivity contribution is 0.0925. The number of amides is 1. The zero-order valence-corrected chi connectivity index (χ0v) is 10.5. The molecule has 0 aromatic heterocycles. The van der Waals surface area contributed by atoms with Crippen molar-refractivity contribution < 1.29 is 18.7 Å². The first kappa shape index (κ1) is 14.6. The molecule has 1 unspecified atom stereocenters. The summed E-state index contributed by atoms with van der Waals surface area (Å²) in [5.74, 6) is -2.14. The molecule has 0 aliphatic carbocycles. The quantitative estimate of drug-likeness (QED) is 0.849. The Balaban J connectivity index is 2.87. The third-order valence-electron chi connectivity index (χ3n) is 2.80. The van der Waals surface area contributed by atoms with Crippen LogP contribution >= 0.6 is 0 Å². The molecule has 0 saturated carbocycles. The van der Waals surface area contributed by atoms with E-state index >= 15 is 0 Å². The molecule has 2 N–H and O–H groups in total. The average molecular weight is 257 g/mol. The Kier molecular flexibility index (Phi) is 5.22. The second-order valence-electron chi connectivity index (χ2n) is 4.17. The maximum absolute atomic E-state index is 13.5. The van der Waals surface area contributed by atoms with Crippen LogP contribution in [0.25, 0.3) is 0 Å². The van der Waals surface area contributed by atoms with E-state index in [1.54, 1.807) is 0 Å². The van der Waals surface area contributed by atoms with Crippen LogP contribution in [0.3, 0.4) is 0 Å². The van der Waals surface area contributed by atoms with E-state index in [4.69, 9.17) is 5.11 Å². The molecular weight excluding hydrogens is 240 g/mol. The minimum Gasteiger partial charge on any atom is -0.396 e. The van der Waals surface area contributed by atoms with Crippen molar-refractivity contribution in [3.05, 3.63) is 34.9 Å². The smallest absolute Gasteiger partial charge is 0.254 e. The van der Waals surface area contributed by atoms with Gasteiger partial charge in [0.1, 0.15) is 11.6 Å². The number of hydrogen-bond acceptors (Lipinski definition) is 2. The first-order valence-corrected chi connectivity index (χ1v) is 5.87. The number of carbonyl (C=O) groups is 1. The van der Waals surface area contributed by atoms with E-state index in [9.17, 15) is 13.6 Å². The third-order valence-corrected chi connectivity index (χ3v) is 2.80. The maximum Gasteiger partial charge on any atom is 0.254 e. The van der Waals surface area contributed by atoms with Gasteiger partial charge < -0.3 is 10.4 Å². The van der Waals surface area contributed by atoms with Crippen LogP contribution in [0, 0.1) is 18.6 Å². The zero-order valence-electron chi connectivity index (χ0n) is 10.5. The Morgan fingerprint density at radius 2 is 2.06 bits per heavy atom. The fraction of sp³-hybridized carbons (Fsp3) is 0.462. The third kappa shape index (κ3) is 3.50. The van der Waals surface area contributed by atoms with Crippen molar-refractivity contribution in [1.29, 1.82) is 0 Å². The fourth-order valence-electron chi connectivity index (χ4n) is 1.63. The van der Waals surface area contributed by atoms with Crippen LogP contribution in [0.1, 0.15) is 35.7 Å². The molecule has 0 aliphatic rings. The molecule has 0 saturated heterocycles. The van der Waals surface area contributed by atoms with Gasteiger partial charge in [-0.15, -0.1) is 0 Å². The molecule has 1 amide bonds. The Hall–Kier alpha value is -1.49. The summed E-state index contributed by atoms with van der Waals surface area (Å²) in [5, 5.41) is 11.4. The number of hydrogen-bond donors (Lipinski definition) is 2. The monoisotopic (exact) mass is 257 g/mol. The summed E-state index contributed by atoms with van der Waals surface area (Å²) in [6, 6.07) is 1.68. The molecule has 100 valence electrons. The summed E-state index contributed by atoms with van der Waals surface area (Å²) in [7, 11) is 0. The van der Waals surface area contributed by atoms with Gasteiger partial charge in [-0.25, -0.2) is 8.78 Å². The van der Waals surface area contributed by atoms with Gasteiger partial charge in [0.25, 0.3) is 5.91 Å². The molecule has 1 aromatic carbocycles. The zero-order chi connectivity index (χ0) is 13.7. The Morgan fingerprint density at radius 1 is 1.39 bits per heavy atom. The molecule has 3 nitrogen and oxygen atoms in total. The van der Waals surface area contributed by atoms with Gasteiger partial charge >= 0.3 is 0 Å². The summed E-state index contributed by atoms with van der Waals surface area (Å²) in [4.78, 5) is 11.8. The van der Waals surface area contributed by atoms with Crippen molar-refractivity contribution >= 4 is 5.91 Å². The van der Waals surface area contributed by atoms with Crippen molar-refractivity contribution in [2.45, 2.75) is 32.7 Å². The lowest BCUT2D eigenvalue weighted by Gasteiger charge is -2.16. The van der Waals surface area contributed by atoms with Gasteiger partial charge in [0.2, 0.25) is 0 Å². The molecule has 0 aliphatic heterocycles. The van der Waals surface area contributed by atoms with Gasteiger partial charge in [-0.3, -0.25) is 4.79 Å². The van der Waals surface area contributed by atoms with Gasteiger partial charge in [-0.1, -0.05) is 6.92 Å². The molecule has 18 heavy (non-hydrogen) atoms. The van der Waals surface area contributed by atoms with Crippen molar-refractivity contribution in [2.75, 3.05) is 6.61 Å². The molecule has 0 bridgehead atoms. The van der Waals surface area contributed by atoms with Crippen LogP contribution in [0.5, 0.6) is 0 Å². The average Bonchev–Trinajstić information content (AvgIpc) is 2.33. The Bertz CT molecular complexity index is 435. The highest BCUT2D eigenvalue weighted by atomic mass is 19.1. The number of aliphatic hydroxyl groups excluding tert-OH is 1. The van der Waals surface area contributed by atoms with Crippen LogP contribution in [0.2, 0.25) is 0 Å². The number of halogens is 2. The van der Waals surface area contributed by atoms with Gasteiger partial charge in [0.15, 0.2) is 0 Å². The van der Waals surface area contributed by atoms with Crippen LogP contribution in [-0.2, 0) is 0 Å². The largest absolute Gasteiger partial charge is 0.396 e. The van der Waals surface area contributed by atoms with E-state index in [0.29, 0.717) is 18.9 Å². The lowest BCUT2D eigenvalue weighted by atomic mass is 10.1. The van der Waals surface area contributed by atoms with E-state index in [-0.39, 0.29) is 23.8 Å². The fourth-order valence-corrected chi connectivity index (χ4v) is 1.63. The van der Waals surface area contributed by atoms with Crippen molar-refractivity contribution in [2.24, 2.45) is 0 Å². The molecule has 1 aromatic rings. The molecule has 5 heteroatoms. The van der Waals surface area contributed by atoms with E-state index in [1.807, 2.05) is 6.92 Å². The summed E-state index contributed by atoms with van der Waals surface area (Å²) in [5.41, 5.74) is 0.0436.